The minimum Gasteiger partial charge on any atom is -0.359 e. The van der Waals surface area contributed by atoms with Crippen molar-refractivity contribution in [1.82, 2.24) is 9.88 Å². The normalized spacial score (nSPS) is 12.2. The van der Waals surface area contributed by atoms with Gasteiger partial charge in [0.05, 0.1) is 0 Å². The molecule has 3 nitrogen and oxygen atoms in total. The van der Waals surface area contributed by atoms with Crippen molar-refractivity contribution in [2.24, 2.45) is 0 Å². The fourth-order valence-corrected chi connectivity index (χ4v) is 4.29. The Bertz CT molecular complexity index is 992. The monoisotopic (exact) mass is 385 g/mol. The first kappa shape index (κ1) is 19.7. The van der Waals surface area contributed by atoms with Gasteiger partial charge >= 0.3 is 0 Å². The molecule has 0 radical (unpaired) electrons. The van der Waals surface area contributed by atoms with Crippen molar-refractivity contribution in [2.75, 3.05) is 39.1 Å². The van der Waals surface area contributed by atoms with Crippen molar-refractivity contribution in [3.8, 4) is 11.1 Å². The second-order valence-corrected chi connectivity index (χ2v) is 8.55. The molecule has 29 heavy (non-hydrogen) atoms. The molecule has 0 spiro atoms. The molecular weight excluding hydrogens is 354 g/mol. The maximum atomic E-state index is 5.17. The van der Waals surface area contributed by atoms with Crippen LogP contribution in [0.15, 0.2) is 54.6 Å². The van der Waals surface area contributed by atoms with Gasteiger partial charge in [0.15, 0.2) is 0 Å². The number of nitrogens with zero attached hydrogens (tertiary/aromatic N) is 3. The number of pyridine rings is 1. The van der Waals surface area contributed by atoms with Crippen LogP contribution in [0.1, 0.15) is 34.4 Å². The lowest BCUT2D eigenvalue weighted by Gasteiger charge is -2.23. The molecule has 0 unspecified atom stereocenters. The lowest BCUT2D eigenvalue weighted by molar-refractivity contribution is 0.401. The third-order valence-electron chi connectivity index (χ3n) is 5.73. The highest BCUT2D eigenvalue weighted by Gasteiger charge is 2.25. The van der Waals surface area contributed by atoms with E-state index in [9.17, 15) is 0 Å². The summed E-state index contributed by atoms with van der Waals surface area (Å²) in [7, 11) is 6.46. The minimum atomic E-state index is 0.877. The molecule has 0 saturated carbocycles. The number of rotatable bonds is 7. The van der Waals surface area contributed by atoms with Gasteiger partial charge in [0.25, 0.3) is 0 Å². The summed E-state index contributed by atoms with van der Waals surface area (Å²) in [5.74, 6) is 1.13. The molecular formula is C26H31N3. The number of benzene rings is 2. The van der Waals surface area contributed by atoms with E-state index in [-0.39, 0.29) is 0 Å². The Hall–Kier alpha value is -2.65. The number of anilines is 1. The number of hydrogen-bond donors (Lipinski definition) is 0. The fraction of sp³-hybridized carbons (Fsp3) is 0.346. The SMILES string of the molecule is Cc1ccc2c(c1)Cc1cc(Cc3ccccc3)nc(N(C)CCCN(C)C)c1-2. The van der Waals surface area contributed by atoms with Gasteiger partial charge < -0.3 is 9.80 Å². The van der Waals surface area contributed by atoms with Gasteiger partial charge in [-0.15, -0.1) is 0 Å². The maximum absolute atomic E-state index is 5.17. The van der Waals surface area contributed by atoms with Crippen LogP contribution < -0.4 is 4.90 Å². The summed E-state index contributed by atoms with van der Waals surface area (Å²) in [6.45, 7) is 4.27. The molecule has 1 heterocycles. The van der Waals surface area contributed by atoms with Gasteiger partial charge in [0.2, 0.25) is 0 Å². The minimum absolute atomic E-state index is 0.877. The van der Waals surface area contributed by atoms with Gasteiger partial charge in [-0.1, -0.05) is 54.1 Å². The highest BCUT2D eigenvalue weighted by molar-refractivity contribution is 5.85. The molecule has 3 heteroatoms. The van der Waals surface area contributed by atoms with Crippen LogP contribution in [0.25, 0.3) is 11.1 Å². The van der Waals surface area contributed by atoms with Gasteiger partial charge in [0, 0.05) is 31.3 Å². The van der Waals surface area contributed by atoms with Crippen molar-refractivity contribution in [2.45, 2.75) is 26.2 Å². The van der Waals surface area contributed by atoms with E-state index in [1.165, 1.54) is 33.4 Å². The summed E-state index contributed by atoms with van der Waals surface area (Å²) in [5.41, 5.74) is 9.35. The van der Waals surface area contributed by atoms with Crippen LogP contribution in [0, 0.1) is 6.92 Å². The Balaban J connectivity index is 1.71. The molecule has 0 bridgehead atoms. The molecule has 0 N–H and O–H groups in total. The Kier molecular flexibility index (Phi) is 5.68. The van der Waals surface area contributed by atoms with Crippen molar-refractivity contribution in [3.63, 3.8) is 0 Å². The Morgan fingerprint density at radius 2 is 1.69 bits per heavy atom. The molecule has 150 valence electrons. The van der Waals surface area contributed by atoms with E-state index in [1.54, 1.807) is 0 Å². The second-order valence-electron chi connectivity index (χ2n) is 8.55. The number of hydrogen-bond acceptors (Lipinski definition) is 3. The molecule has 0 amide bonds. The molecule has 0 fully saturated rings. The van der Waals surface area contributed by atoms with Crippen LogP contribution in [0.2, 0.25) is 0 Å². The van der Waals surface area contributed by atoms with E-state index in [1.807, 2.05) is 0 Å². The number of aromatic nitrogens is 1. The van der Waals surface area contributed by atoms with Crippen LogP contribution in [0.3, 0.4) is 0 Å². The van der Waals surface area contributed by atoms with Crippen LogP contribution >= 0.6 is 0 Å². The summed E-state index contributed by atoms with van der Waals surface area (Å²) in [6.07, 6.45) is 3.01. The highest BCUT2D eigenvalue weighted by Crippen LogP contribution is 2.42. The van der Waals surface area contributed by atoms with Gasteiger partial charge in [0.1, 0.15) is 5.82 Å². The number of fused-ring (bicyclic) bond motifs is 3. The summed E-state index contributed by atoms with van der Waals surface area (Å²) >= 11 is 0. The molecule has 1 aliphatic rings. The van der Waals surface area contributed by atoms with E-state index >= 15 is 0 Å². The predicted octanol–water partition coefficient (Wildman–Crippen LogP) is 4.94. The van der Waals surface area contributed by atoms with Gasteiger partial charge in [-0.2, -0.15) is 0 Å². The molecule has 1 aliphatic carbocycles. The Labute approximate surface area is 175 Å². The Morgan fingerprint density at radius 3 is 2.45 bits per heavy atom. The zero-order valence-corrected chi connectivity index (χ0v) is 18.1. The first-order valence-electron chi connectivity index (χ1n) is 10.5. The van der Waals surface area contributed by atoms with E-state index < -0.39 is 0 Å². The Morgan fingerprint density at radius 1 is 0.897 bits per heavy atom. The lowest BCUT2D eigenvalue weighted by atomic mass is 10.0. The van der Waals surface area contributed by atoms with Crippen LogP contribution in [-0.2, 0) is 12.8 Å². The van der Waals surface area contributed by atoms with Crippen molar-refractivity contribution >= 4 is 5.82 Å². The van der Waals surface area contributed by atoms with Crippen LogP contribution in [0.5, 0.6) is 0 Å². The molecule has 2 aromatic carbocycles. The average Bonchev–Trinajstić information content (AvgIpc) is 3.04. The molecule has 1 aromatic heterocycles. The van der Waals surface area contributed by atoms with Crippen molar-refractivity contribution < 1.29 is 0 Å². The third-order valence-corrected chi connectivity index (χ3v) is 5.73. The topological polar surface area (TPSA) is 19.4 Å². The van der Waals surface area contributed by atoms with Crippen molar-refractivity contribution in [1.29, 1.82) is 0 Å². The molecule has 4 rings (SSSR count). The summed E-state index contributed by atoms with van der Waals surface area (Å²) < 4.78 is 0. The second kappa shape index (κ2) is 8.38. The first-order valence-corrected chi connectivity index (χ1v) is 10.5. The zero-order valence-electron chi connectivity index (χ0n) is 18.1. The quantitative estimate of drug-likeness (QED) is 0.449. The largest absolute Gasteiger partial charge is 0.359 e. The average molecular weight is 386 g/mol. The highest BCUT2D eigenvalue weighted by atomic mass is 15.2. The zero-order chi connectivity index (χ0) is 20.4. The third kappa shape index (κ3) is 4.35. The molecule has 0 saturated heterocycles. The summed E-state index contributed by atoms with van der Waals surface area (Å²) in [4.78, 5) is 9.77. The van der Waals surface area contributed by atoms with Gasteiger partial charge in [-0.3, -0.25) is 0 Å². The molecule has 0 aliphatic heterocycles. The summed E-state index contributed by atoms with van der Waals surface area (Å²) in [5, 5.41) is 0. The maximum Gasteiger partial charge on any atom is 0.136 e. The lowest BCUT2D eigenvalue weighted by Crippen LogP contribution is -2.25. The van der Waals surface area contributed by atoms with Crippen LogP contribution in [0.4, 0.5) is 5.82 Å². The van der Waals surface area contributed by atoms with E-state index in [4.69, 9.17) is 4.98 Å². The molecule has 0 atom stereocenters. The fourth-order valence-electron chi connectivity index (χ4n) is 4.29. The van der Waals surface area contributed by atoms with Gasteiger partial charge in [-0.05, 0) is 68.7 Å². The summed E-state index contributed by atoms with van der Waals surface area (Å²) in [6, 6.07) is 19.8. The van der Waals surface area contributed by atoms with Gasteiger partial charge in [-0.25, -0.2) is 4.98 Å². The van der Waals surface area contributed by atoms with Crippen LogP contribution in [-0.4, -0.2) is 44.1 Å². The smallest absolute Gasteiger partial charge is 0.136 e. The number of aryl methyl sites for hydroxylation is 1. The first-order chi connectivity index (χ1) is 14.0. The van der Waals surface area contributed by atoms with Crippen molar-refractivity contribution in [3.05, 3.63) is 82.5 Å². The predicted molar refractivity (Wildman–Crippen MR) is 123 cm³/mol. The van der Waals surface area contributed by atoms with E-state index in [0.717, 1.165) is 43.9 Å². The van der Waals surface area contributed by atoms with E-state index in [0.29, 0.717) is 0 Å². The van der Waals surface area contributed by atoms with E-state index in [2.05, 4.69) is 92.5 Å². The standard InChI is InChI=1S/C26H31N3/c1-19-11-12-24-21(15-19)17-22-18-23(16-20-9-6-5-7-10-20)27-26(25(22)24)29(4)14-8-13-28(2)3/h5-7,9-12,15,18H,8,13-14,16-17H2,1-4H3. The molecule has 3 aromatic rings.